The number of thiophene rings is 1. The summed E-state index contributed by atoms with van der Waals surface area (Å²) in [6, 6.07) is 7.83. The number of hydrogen-bond donors (Lipinski definition) is 0. The summed E-state index contributed by atoms with van der Waals surface area (Å²) >= 11 is 11.0. The summed E-state index contributed by atoms with van der Waals surface area (Å²) in [5.74, 6) is 0.878. The second-order valence-electron chi connectivity index (χ2n) is 2.89. The molecule has 0 aliphatic carbocycles. The van der Waals surface area contributed by atoms with Gasteiger partial charge < -0.3 is 4.42 Å². The maximum absolute atomic E-state index is 5.70. The van der Waals surface area contributed by atoms with Gasteiger partial charge in [-0.3, -0.25) is 0 Å². The van der Waals surface area contributed by atoms with Gasteiger partial charge in [-0.25, -0.2) is 0 Å². The Balaban J connectivity index is 2.06. The molecule has 0 spiro atoms. The number of alkyl halides is 1. The van der Waals surface area contributed by atoms with Gasteiger partial charge in [-0.2, -0.15) is 0 Å². The highest BCUT2D eigenvalue weighted by molar-refractivity contribution is 9.09. The normalized spacial score (nSPS) is 13.0. The van der Waals surface area contributed by atoms with Crippen LogP contribution in [0.5, 0.6) is 0 Å². The molecule has 1 unspecified atom stereocenters. The first-order valence-electron chi connectivity index (χ1n) is 4.17. The molecule has 2 heterocycles. The number of furan rings is 1. The molecule has 74 valence electrons. The Kier molecular flexibility index (Phi) is 3.31. The zero-order chi connectivity index (χ0) is 9.97. The van der Waals surface area contributed by atoms with Crippen LogP contribution in [0.15, 0.2) is 34.1 Å². The lowest BCUT2D eigenvalue weighted by Crippen LogP contribution is -1.90. The molecule has 0 aliphatic rings. The molecule has 2 aromatic rings. The summed E-state index contributed by atoms with van der Waals surface area (Å²) in [7, 11) is 0. The van der Waals surface area contributed by atoms with Gasteiger partial charge in [0, 0.05) is 11.3 Å². The third-order valence-corrected chi connectivity index (χ3v) is 3.74. The Morgan fingerprint density at radius 3 is 2.86 bits per heavy atom. The van der Waals surface area contributed by atoms with Crippen LogP contribution in [0.1, 0.15) is 15.5 Å². The Morgan fingerprint density at radius 2 is 2.29 bits per heavy atom. The van der Waals surface area contributed by atoms with Crippen molar-refractivity contribution in [3.05, 3.63) is 45.5 Å². The lowest BCUT2D eigenvalue weighted by atomic mass is 10.2. The highest BCUT2D eigenvalue weighted by Crippen LogP contribution is 2.30. The quantitative estimate of drug-likeness (QED) is 0.749. The first kappa shape index (κ1) is 10.3. The van der Waals surface area contributed by atoms with Gasteiger partial charge >= 0.3 is 0 Å². The van der Waals surface area contributed by atoms with Crippen molar-refractivity contribution in [2.45, 2.75) is 11.2 Å². The van der Waals surface area contributed by atoms with Gasteiger partial charge in [0.25, 0.3) is 0 Å². The minimum Gasteiger partial charge on any atom is -0.449 e. The SMILES string of the molecule is Clc1ccc(C(Br)Cc2cccs2)o1. The van der Waals surface area contributed by atoms with E-state index >= 15 is 0 Å². The summed E-state index contributed by atoms with van der Waals surface area (Å²) in [5, 5.41) is 2.51. The van der Waals surface area contributed by atoms with E-state index in [0.29, 0.717) is 5.22 Å². The maximum atomic E-state index is 5.70. The fraction of sp³-hybridized carbons (Fsp3) is 0.200. The van der Waals surface area contributed by atoms with Crippen molar-refractivity contribution in [2.75, 3.05) is 0 Å². The highest BCUT2D eigenvalue weighted by Gasteiger charge is 2.12. The first-order valence-corrected chi connectivity index (χ1v) is 6.35. The van der Waals surface area contributed by atoms with E-state index in [2.05, 4.69) is 33.4 Å². The summed E-state index contributed by atoms with van der Waals surface area (Å²) in [6.45, 7) is 0. The molecule has 0 aliphatic heterocycles. The Hall–Kier alpha value is -0.250. The summed E-state index contributed by atoms with van der Waals surface area (Å²) in [6.07, 6.45) is 0.932. The number of hydrogen-bond acceptors (Lipinski definition) is 2. The monoisotopic (exact) mass is 290 g/mol. The van der Waals surface area contributed by atoms with Gasteiger partial charge in [-0.05, 0) is 35.2 Å². The van der Waals surface area contributed by atoms with Crippen LogP contribution in [0.2, 0.25) is 5.22 Å². The van der Waals surface area contributed by atoms with Gasteiger partial charge in [0.05, 0.1) is 4.83 Å². The standard InChI is InChI=1S/C10H8BrClOS/c11-8(6-7-2-1-5-14-7)9-3-4-10(12)13-9/h1-5,8H,6H2. The Labute approximate surface area is 99.8 Å². The molecule has 1 nitrogen and oxygen atoms in total. The van der Waals surface area contributed by atoms with Crippen molar-refractivity contribution in [3.8, 4) is 0 Å². The molecular formula is C10H8BrClOS. The molecule has 2 aromatic heterocycles. The van der Waals surface area contributed by atoms with Crippen LogP contribution < -0.4 is 0 Å². The lowest BCUT2D eigenvalue weighted by Gasteiger charge is -2.03. The average molecular weight is 292 g/mol. The minimum absolute atomic E-state index is 0.202. The average Bonchev–Trinajstić information content (AvgIpc) is 2.75. The van der Waals surface area contributed by atoms with Crippen molar-refractivity contribution in [1.82, 2.24) is 0 Å². The molecule has 2 rings (SSSR count). The Morgan fingerprint density at radius 1 is 1.43 bits per heavy atom. The smallest absolute Gasteiger partial charge is 0.193 e. The van der Waals surface area contributed by atoms with Crippen molar-refractivity contribution in [2.24, 2.45) is 0 Å². The third-order valence-electron chi connectivity index (χ3n) is 1.86. The van der Waals surface area contributed by atoms with E-state index in [1.165, 1.54) is 4.88 Å². The molecule has 0 N–H and O–H groups in total. The van der Waals surface area contributed by atoms with Gasteiger partial charge in [0.2, 0.25) is 0 Å². The van der Waals surface area contributed by atoms with Crippen LogP contribution in [0, 0.1) is 0 Å². The second kappa shape index (κ2) is 4.51. The molecule has 4 heteroatoms. The number of rotatable bonds is 3. The first-order chi connectivity index (χ1) is 6.75. The van der Waals surface area contributed by atoms with Gasteiger partial charge in [0.15, 0.2) is 5.22 Å². The lowest BCUT2D eigenvalue weighted by molar-refractivity contribution is 0.509. The molecule has 0 radical (unpaired) electrons. The van der Waals surface area contributed by atoms with E-state index in [9.17, 15) is 0 Å². The van der Waals surface area contributed by atoms with Crippen molar-refractivity contribution in [3.63, 3.8) is 0 Å². The topological polar surface area (TPSA) is 13.1 Å². The van der Waals surface area contributed by atoms with Gasteiger partial charge in [0.1, 0.15) is 5.76 Å². The van der Waals surface area contributed by atoms with E-state index in [4.69, 9.17) is 16.0 Å². The summed E-state index contributed by atoms with van der Waals surface area (Å²) in [5.41, 5.74) is 0. The molecule has 0 bridgehead atoms. The molecule has 1 atom stereocenters. The maximum Gasteiger partial charge on any atom is 0.193 e. The Bertz CT molecular complexity index is 396. The summed E-state index contributed by atoms with van der Waals surface area (Å²) < 4.78 is 5.32. The molecule has 14 heavy (non-hydrogen) atoms. The minimum atomic E-state index is 0.202. The second-order valence-corrected chi connectivity index (χ2v) is 5.40. The van der Waals surface area contributed by atoms with Crippen molar-refractivity contribution in [1.29, 1.82) is 0 Å². The number of halogens is 2. The third kappa shape index (κ3) is 2.41. The zero-order valence-electron chi connectivity index (χ0n) is 7.24. The molecule has 0 amide bonds. The molecular weight excluding hydrogens is 284 g/mol. The van der Waals surface area contributed by atoms with Crippen LogP contribution in [-0.4, -0.2) is 0 Å². The van der Waals surface area contributed by atoms with Crippen LogP contribution in [0.4, 0.5) is 0 Å². The molecule has 0 aromatic carbocycles. The van der Waals surface area contributed by atoms with E-state index < -0.39 is 0 Å². The van der Waals surface area contributed by atoms with Crippen molar-refractivity contribution < 1.29 is 4.42 Å². The molecule has 0 fully saturated rings. The van der Waals surface area contributed by atoms with Crippen LogP contribution in [0.3, 0.4) is 0 Å². The predicted octanol–water partition coefficient (Wildman–Crippen LogP) is 4.67. The fourth-order valence-electron chi connectivity index (χ4n) is 1.20. The van der Waals surface area contributed by atoms with Crippen LogP contribution >= 0.6 is 38.9 Å². The van der Waals surface area contributed by atoms with E-state index in [1.807, 2.05) is 6.07 Å². The highest BCUT2D eigenvalue weighted by atomic mass is 79.9. The fourth-order valence-corrected chi connectivity index (χ4v) is 2.92. The van der Waals surface area contributed by atoms with Crippen LogP contribution in [0.25, 0.3) is 0 Å². The van der Waals surface area contributed by atoms with Gasteiger partial charge in [-0.15, -0.1) is 11.3 Å². The van der Waals surface area contributed by atoms with Crippen molar-refractivity contribution >= 4 is 38.9 Å². The zero-order valence-corrected chi connectivity index (χ0v) is 10.4. The van der Waals surface area contributed by atoms with E-state index in [0.717, 1.165) is 12.2 Å². The molecule has 0 saturated carbocycles. The predicted molar refractivity (Wildman–Crippen MR) is 63.4 cm³/mol. The van der Waals surface area contributed by atoms with E-state index in [1.54, 1.807) is 17.4 Å². The van der Waals surface area contributed by atoms with E-state index in [-0.39, 0.29) is 4.83 Å². The van der Waals surface area contributed by atoms with Crippen LogP contribution in [-0.2, 0) is 6.42 Å². The largest absolute Gasteiger partial charge is 0.449 e. The summed E-state index contributed by atoms with van der Waals surface area (Å²) in [4.78, 5) is 1.54. The van der Waals surface area contributed by atoms with Gasteiger partial charge in [-0.1, -0.05) is 22.0 Å². The molecule has 0 saturated heterocycles.